The predicted octanol–water partition coefficient (Wildman–Crippen LogP) is 4.36. The Hall–Kier alpha value is -3.11. The maximum absolute atomic E-state index is 12.8. The Balaban J connectivity index is 0.000000572. The molecule has 2 fully saturated rings. The van der Waals surface area contributed by atoms with Crippen molar-refractivity contribution in [3.63, 3.8) is 0 Å². The molecule has 3 rings (SSSR count). The summed E-state index contributed by atoms with van der Waals surface area (Å²) >= 11 is 0. The van der Waals surface area contributed by atoms with E-state index in [1.165, 1.54) is 19.3 Å². The first-order valence-electron chi connectivity index (χ1n) is 12.3. The van der Waals surface area contributed by atoms with Crippen LogP contribution in [0.1, 0.15) is 75.1 Å². The molecule has 2 aliphatic rings. The summed E-state index contributed by atoms with van der Waals surface area (Å²) < 4.78 is 31.7. The van der Waals surface area contributed by atoms with Gasteiger partial charge in [-0.3, -0.25) is 14.4 Å². The molecule has 1 saturated heterocycles. The fourth-order valence-corrected chi connectivity index (χ4v) is 4.24. The average Bonchev–Trinajstić information content (AvgIpc) is 2.85. The third kappa shape index (κ3) is 9.50. The van der Waals surface area contributed by atoms with Gasteiger partial charge in [-0.1, -0.05) is 26.2 Å². The van der Waals surface area contributed by atoms with Crippen molar-refractivity contribution in [1.82, 2.24) is 10.2 Å². The number of carbonyl (C=O) groups excluding carboxylic acids is 3. The molecule has 0 atom stereocenters. The van der Waals surface area contributed by atoms with Gasteiger partial charge in [0.05, 0.1) is 0 Å². The van der Waals surface area contributed by atoms with Gasteiger partial charge in [0.15, 0.2) is 0 Å². The lowest BCUT2D eigenvalue weighted by Crippen LogP contribution is -2.45. The highest BCUT2D eigenvalue weighted by molar-refractivity contribution is 5.96. The standard InChI is InChI=1S/C23H33N3O3.C2HF3O2/c1-2-6-21(27)24-20-11-9-18(10-12-20)23(29)26-15-13-17(14-16-26)22(28)25-19-7-4-3-5-8-19;3-2(4,5)1(6)7/h9-12,17,19H,2-8,13-16H2,1H3,(H,24,27)(H,25,28);(H,6,7). The molecule has 1 saturated carbocycles. The number of carboxylic acid groups (broad SMARTS) is 1. The normalized spacial score (nSPS) is 16.9. The highest BCUT2D eigenvalue weighted by atomic mass is 19.4. The summed E-state index contributed by atoms with van der Waals surface area (Å²) in [6, 6.07) is 7.39. The molecule has 1 aliphatic carbocycles. The number of halogens is 3. The Morgan fingerprint density at radius 3 is 2.03 bits per heavy atom. The number of likely N-dealkylation sites (tertiary alicyclic amines) is 1. The van der Waals surface area contributed by atoms with E-state index in [0.29, 0.717) is 36.8 Å². The summed E-state index contributed by atoms with van der Waals surface area (Å²) in [5, 5.41) is 13.2. The van der Waals surface area contributed by atoms with Crippen LogP contribution in [0.5, 0.6) is 0 Å². The second kappa shape index (κ2) is 13.8. The van der Waals surface area contributed by atoms with E-state index in [9.17, 15) is 27.6 Å². The van der Waals surface area contributed by atoms with E-state index in [4.69, 9.17) is 9.90 Å². The topological polar surface area (TPSA) is 116 Å². The van der Waals surface area contributed by atoms with Crippen LogP contribution in [-0.4, -0.2) is 59.0 Å². The number of hydrogen-bond acceptors (Lipinski definition) is 4. The van der Waals surface area contributed by atoms with Gasteiger partial charge in [-0.05, 0) is 56.4 Å². The molecule has 1 aromatic carbocycles. The summed E-state index contributed by atoms with van der Waals surface area (Å²) in [5.74, 6) is -2.61. The molecular weight excluding hydrogens is 479 g/mol. The average molecular weight is 514 g/mol. The molecule has 1 aliphatic heterocycles. The largest absolute Gasteiger partial charge is 0.490 e. The van der Waals surface area contributed by atoms with Crippen molar-refractivity contribution < 1.29 is 37.5 Å². The number of amides is 3. The minimum absolute atomic E-state index is 0.0112. The smallest absolute Gasteiger partial charge is 0.475 e. The van der Waals surface area contributed by atoms with Crippen molar-refractivity contribution in [3.05, 3.63) is 29.8 Å². The van der Waals surface area contributed by atoms with Crippen molar-refractivity contribution >= 4 is 29.4 Å². The number of nitrogens with one attached hydrogen (secondary N) is 2. The van der Waals surface area contributed by atoms with Gasteiger partial charge in [0.1, 0.15) is 0 Å². The first kappa shape index (κ1) is 29.1. The highest BCUT2D eigenvalue weighted by Gasteiger charge is 2.38. The molecule has 11 heteroatoms. The Morgan fingerprint density at radius 2 is 1.53 bits per heavy atom. The Bertz CT molecular complexity index is 891. The lowest BCUT2D eigenvalue weighted by atomic mass is 9.92. The van der Waals surface area contributed by atoms with E-state index in [1.807, 2.05) is 11.8 Å². The first-order valence-corrected chi connectivity index (χ1v) is 12.3. The molecule has 200 valence electrons. The van der Waals surface area contributed by atoms with Crippen LogP contribution >= 0.6 is 0 Å². The molecule has 0 aromatic heterocycles. The maximum atomic E-state index is 12.8. The second-order valence-electron chi connectivity index (χ2n) is 9.09. The number of rotatable bonds is 6. The molecular formula is C25H34F3N3O5. The summed E-state index contributed by atoms with van der Waals surface area (Å²) in [6.45, 7) is 3.18. The third-order valence-corrected chi connectivity index (χ3v) is 6.24. The molecule has 1 aromatic rings. The quantitative estimate of drug-likeness (QED) is 0.523. The number of piperidine rings is 1. The zero-order valence-electron chi connectivity index (χ0n) is 20.4. The number of alkyl halides is 3. The number of aliphatic carboxylic acids is 1. The number of carbonyl (C=O) groups is 4. The summed E-state index contributed by atoms with van der Waals surface area (Å²) in [6.07, 6.45) is 3.53. The monoisotopic (exact) mass is 513 g/mol. The number of benzene rings is 1. The van der Waals surface area contributed by atoms with E-state index < -0.39 is 12.1 Å². The third-order valence-electron chi connectivity index (χ3n) is 6.24. The van der Waals surface area contributed by atoms with E-state index in [0.717, 1.165) is 32.1 Å². The molecule has 0 spiro atoms. The van der Waals surface area contributed by atoms with E-state index in [2.05, 4.69) is 10.6 Å². The molecule has 8 nitrogen and oxygen atoms in total. The lowest BCUT2D eigenvalue weighted by molar-refractivity contribution is -0.192. The van der Waals surface area contributed by atoms with E-state index in [-0.39, 0.29) is 23.6 Å². The van der Waals surface area contributed by atoms with Gasteiger partial charge in [-0.25, -0.2) is 4.79 Å². The minimum Gasteiger partial charge on any atom is -0.475 e. The molecule has 3 amide bonds. The van der Waals surface area contributed by atoms with Gasteiger partial charge in [0.25, 0.3) is 5.91 Å². The van der Waals surface area contributed by atoms with E-state index >= 15 is 0 Å². The van der Waals surface area contributed by atoms with Crippen LogP contribution in [-0.2, 0) is 14.4 Å². The van der Waals surface area contributed by atoms with Gasteiger partial charge in [0.2, 0.25) is 11.8 Å². The van der Waals surface area contributed by atoms with Gasteiger partial charge < -0.3 is 20.6 Å². The summed E-state index contributed by atoms with van der Waals surface area (Å²) in [4.78, 5) is 47.7. The Morgan fingerprint density at radius 1 is 0.972 bits per heavy atom. The molecule has 0 bridgehead atoms. The number of hydrogen-bond donors (Lipinski definition) is 3. The number of carboxylic acids is 1. The van der Waals surface area contributed by atoms with Crippen LogP contribution in [0.25, 0.3) is 0 Å². The molecule has 3 N–H and O–H groups in total. The molecule has 1 heterocycles. The van der Waals surface area contributed by atoms with Gasteiger partial charge in [-0.2, -0.15) is 13.2 Å². The van der Waals surface area contributed by atoms with Crippen molar-refractivity contribution in [2.45, 2.75) is 76.9 Å². The van der Waals surface area contributed by atoms with Gasteiger partial charge >= 0.3 is 12.1 Å². The SMILES string of the molecule is CCCC(=O)Nc1ccc(C(=O)N2CCC(C(=O)NC3CCCCC3)CC2)cc1.O=C(O)C(F)(F)F. The van der Waals surface area contributed by atoms with Crippen molar-refractivity contribution in [1.29, 1.82) is 0 Å². The zero-order chi connectivity index (χ0) is 26.7. The van der Waals surface area contributed by atoms with Crippen LogP contribution in [0.4, 0.5) is 18.9 Å². The van der Waals surface area contributed by atoms with Crippen molar-refractivity contribution in [3.8, 4) is 0 Å². The fraction of sp³-hybridized carbons (Fsp3) is 0.600. The summed E-state index contributed by atoms with van der Waals surface area (Å²) in [7, 11) is 0. The maximum Gasteiger partial charge on any atom is 0.490 e. The molecule has 0 radical (unpaired) electrons. The Labute approximate surface area is 208 Å². The van der Waals surface area contributed by atoms with Crippen molar-refractivity contribution in [2.75, 3.05) is 18.4 Å². The molecule has 0 unspecified atom stereocenters. The lowest BCUT2D eigenvalue weighted by Gasteiger charge is -2.33. The number of anilines is 1. The minimum atomic E-state index is -5.08. The summed E-state index contributed by atoms with van der Waals surface area (Å²) in [5.41, 5.74) is 1.32. The Kier molecular flexibility index (Phi) is 11.2. The second-order valence-corrected chi connectivity index (χ2v) is 9.09. The number of nitrogens with zero attached hydrogens (tertiary/aromatic N) is 1. The van der Waals surface area contributed by atoms with Gasteiger partial charge in [-0.15, -0.1) is 0 Å². The molecule has 36 heavy (non-hydrogen) atoms. The van der Waals surface area contributed by atoms with Crippen LogP contribution in [0.15, 0.2) is 24.3 Å². The fourth-order valence-electron chi connectivity index (χ4n) is 4.24. The first-order chi connectivity index (χ1) is 17.0. The zero-order valence-corrected chi connectivity index (χ0v) is 20.4. The predicted molar refractivity (Wildman–Crippen MR) is 127 cm³/mol. The van der Waals surface area contributed by atoms with Gasteiger partial charge in [0, 0.05) is 42.7 Å². The van der Waals surface area contributed by atoms with Crippen LogP contribution in [0.3, 0.4) is 0 Å². The van der Waals surface area contributed by atoms with Crippen LogP contribution in [0, 0.1) is 5.92 Å². The van der Waals surface area contributed by atoms with Crippen LogP contribution < -0.4 is 10.6 Å². The van der Waals surface area contributed by atoms with E-state index in [1.54, 1.807) is 24.3 Å². The van der Waals surface area contributed by atoms with Crippen molar-refractivity contribution in [2.24, 2.45) is 5.92 Å². The highest BCUT2D eigenvalue weighted by Crippen LogP contribution is 2.22. The van der Waals surface area contributed by atoms with Crippen LogP contribution in [0.2, 0.25) is 0 Å².